The summed E-state index contributed by atoms with van der Waals surface area (Å²) in [5, 5.41) is 0. The van der Waals surface area contributed by atoms with Crippen molar-refractivity contribution in [3.8, 4) is 0 Å². The van der Waals surface area contributed by atoms with Gasteiger partial charge in [-0.15, -0.1) is 36.4 Å². The van der Waals surface area contributed by atoms with E-state index in [0.29, 0.717) is 22.3 Å². The molecule has 0 radical (unpaired) electrons. The van der Waals surface area contributed by atoms with Gasteiger partial charge in [-0.05, 0) is 63.3 Å². The van der Waals surface area contributed by atoms with Gasteiger partial charge in [-0.3, -0.25) is 19.2 Å². The minimum Gasteiger partial charge on any atom is -0.352 e. The summed E-state index contributed by atoms with van der Waals surface area (Å²) in [5.74, 6) is -5.65. The maximum atomic E-state index is 14.3. The van der Waals surface area contributed by atoms with Crippen LogP contribution in [0.5, 0.6) is 0 Å². The first kappa shape index (κ1) is 52.4. The van der Waals surface area contributed by atoms with E-state index in [9.17, 15) is 36.7 Å². The van der Waals surface area contributed by atoms with Crippen molar-refractivity contribution in [3.63, 3.8) is 0 Å². The van der Waals surface area contributed by atoms with Gasteiger partial charge in [0.2, 0.25) is 11.8 Å². The normalized spacial score (nSPS) is 10.0. The first-order chi connectivity index (χ1) is 31.7. The molecule has 8 rings (SSSR count). The molecule has 2 amide bonds. The van der Waals surface area contributed by atoms with Crippen LogP contribution in [-0.4, -0.2) is 36.5 Å². The van der Waals surface area contributed by atoms with Crippen LogP contribution in [0.1, 0.15) is 63.7 Å². The van der Waals surface area contributed by atoms with Gasteiger partial charge in [-0.1, -0.05) is 95.1 Å². The van der Waals surface area contributed by atoms with Crippen molar-refractivity contribution in [2.75, 3.05) is 22.9 Å². The Morgan fingerprint density at radius 2 is 0.687 bits per heavy atom. The van der Waals surface area contributed by atoms with E-state index < -0.39 is 35.1 Å². The zero-order valence-corrected chi connectivity index (χ0v) is 38.8. The summed E-state index contributed by atoms with van der Waals surface area (Å²) in [5.41, 5.74) is 4.89. The van der Waals surface area contributed by atoms with Crippen LogP contribution in [0.2, 0.25) is 0 Å². The quantitative estimate of drug-likeness (QED) is 0.0593. The summed E-state index contributed by atoms with van der Waals surface area (Å²) in [7, 11) is 0. The third kappa shape index (κ3) is 16.0. The number of carbonyl (C=O) groups excluding carboxylic acids is 4. The summed E-state index contributed by atoms with van der Waals surface area (Å²) in [4.78, 5) is 53.5. The monoisotopic (exact) mass is 934 g/mol. The van der Waals surface area contributed by atoms with Crippen molar-refractivity contribution in [2.24, 2.45) is 0 Å². The smallest absolute Gasteiger partial charge is 0.352 e. The Labute approximate surface area is 403 Å². The second-order valence-electron chi connectivity index (χ2n) is 15.0. The summed E-state index contributed by atoms with van der Waals surface area (Å²) in [6.07, 6.45) is 0. The predicted octanol–water partition coefficient (Wildman–Crippen LogP) is 12.6. The molecule has 0 aromatic heterocycles. The van der Waals surface area contributed by atoms with Gasteiger partial charge in [0.05, 0.1) is 13.1 Å². The molecule has 0 fully saturated rings. The van der Waals surface area contributed by atoms with Crippen LogP contribution in [0.4, 0.5) is 28.9 Å². The fraction of sp³-hybridized carbons (Fsp3) is 0.107. The van der Waals surface area contributed by atoms with Crippen LogP contribution in [0.15, 0.2) is 182 Å². The number of benzene rings is 6. The first-order valence-electron chi connectivity index (χ1n) is 20.7. The number of hydrogen-bond acceptors (Lipinski definition) is 4. The van der Waals surface area contributed by atoms with Gasteiger partial charge in [-0.2, -0.15) is 36.4 Å². The Balaban J connectivity index is 0.000000238. The van der Waals surface area contributed by atoms with E-state index in [1.165, 1.54) is 0 Å². The van der Waals surface area contributed by atoms with Crippen molar-refractivity contribution >= 4 is 34.8 Å². The number of nitrogens with zero attached hydrogens (tertiary/aromatic N) is 2. The maximum absolute atomic E-state index is 14.3. The minimum atomic E-state index is -1.03. The summed E-state index contributed by atoms with van der Waals surface area (Å²) in [6, 6.07) is 55.3. The molecule has 11 heteroatoms. The zero-order valence-electron chi connectivity index (χ0n) is 37.3. The molecule has 0 saturated carbocycles. The SMILES string of the molecule is Cc1ccc(C(=O)CN(C(=O)c2ccc(C)cc2)c2ccc(F)[c-]c2F)cc1.Cc1ccc(C(=O)CN(C(=O)c2ccc(C)cc2)c2ccc(F)[c-]c2F)cc1.[Ti+4].c1cc[cH-]c1.c1cc[cH-]c1. The summed E-state index contributed by atoms with van der Waals surface area (Å²) >= 11 is 0. The predicted molar refractivity (Wildman–Crippen MR) is 251 cm³/mol. The zero-order chi connectivity index (χ0) is 47.6. The number of halogens is 4. The van der Waals surface area contributed by atoms with E-state index in [1.54, 1.807) is 97.1 Å². The minimum absolute atomic E-state index is 0. The van der Waals surface area contributed by atoms with E-state index in [0.717, 1.165) is 56.3 Å². The molecule has 0 unspecified atom stereocenters. The topological polar surface area (TPSA) is 74.8 Å². The number of rotatable bonds is 10. The molecule has 0 N–H and O–H groups in total. The average molecular weight is 935 g/mol. The Kier molecular flexibility index (Phi) is 20.3. The molecule has 0 saturated heterocycles. The van der Waals surface area contributed by atoms with Gasteiger partial charge in [0.15, 0.2) is 11.6 Å². The van der Waals surface area contributed by atoms with Crippen molar-refractivity contribution in [2.45, 2.75) is 27.7 Å². The number of Topliss-reactive ketones (excluding diaryl/α,β-unsaturated/α-hetero) is 2. The number of aryl methyl sites for hydroxylation is 4. The second kappa shape index (κ2) is 26.0. The van der Waals surface area contributed by atoms with Gasteiger partial charge in [0.25, 0.3) is 0 Å². The van der Waals surface area contributed by atoms with Gasteiger partial charge in [-0.25, -0.2) is 41.8 Å². The van der Waals surface area contributed by atoms with Crippen molar-refractivity contribution in [3.05, 3.63) is 262 Å². The van der Waals surface area contributed by atoms with Crippen molar-refractivity contribution < 1.29 is 58.5 Å². The van der Waals surface area contributed by atoms with Crippen LogP contribution < -0.4 is 9.80 Å². The summed E-state index contributed by atoms with van der Waals surface area (Å²) < 4.78 is 55.2. The molecule has 0 aliphatic carbocycles. The van der Waals surface area contributed by atoms with E-state index in [-0.39, 0.29) is 57.7 Å². The molecule has 0 aliphatic heterocycles. The van der Waals surface area contributed by atoms with Gasteiger partial charge >= 0.3 is 21.7 Å². The van der Waals surface area contributed by atoms with Crippen molar-refractivity contribution in [1.29, 1.82) is 0 Å². The van der Waals surface area contributed by atoms with Gasteiger partial charge in [0.1, 0.15) is 0 Å². The molecule has 8 aromatic rings. The number of hydrogen-bond donors (Lipinski definition) is 0. The van der Waals surface area contributed by atoms with Gasteiger partial charge < -0.3 is 9.80 Å². The van der Waals surface area contributed by atoms with Crippen LogP contribution in [-0.2, 0) is 21.7 Å². The van der Waals surface area contributed by atoms with E-state index in [2.05, 4.69) is 0 Å². The van der Waals surface area contributed by atoms with Gasteiger partial charge in [0, 0.05) is 45.5 Å². The molecule has 0 spiro atoms. The van der Waals surface area contributed by atoms with Crippen LogP contribution in [0.25, 0.3) is 0 Å². The van der Waals surface area contributed by atoms with Crippen molar-refractivity contribution in [1.82, 2.24) is 0 Å². The molecular weight excluding hydrogens is 888 g/mol. The fourth-order valence-corrected chi connectivity index (χ4v) is 6.12. The molecule has 336 valence electrons. The number of anilines is 2. The second-order valence-corrected chi connectivity index (χ2v) is 15.0. The molecule has 0 heterocycles. The molecule has 67 heavy (non-hydrogen) atoms. The van der Waals surface area contributed by atoms with E-state index in [1.807, 2.05) is 100 Å². The molecule has 0 aliphatic rings. The molecule has 0 atom stereocenters. The third-order valence-electron chi connectivity index (χ3n) is 9.81. The molecule has 6 nitrogen and oxygen atoms in total. The largest absolute Gasteiger partial charge is 4.00 e. The van der Waals surface area contributed by atoms with Crippen LogP contribution >= 0.6 is 0 Å². The number of amides is 2. The Bertz CT molecular complexity index is 2560. The average Bonchev–Trinajstić information content (AvgIpc) is 4.10. The maximum Gasteiger partial charge on any atom is 4.00 e. The Morgan fingerprint density at radius 3 is 0.925 bits per heavy atom. The van der Waals surface area contributed by atoms with E-state index >= 15 is 0 Å². The number of carbonyl (C=O) groups is 4. The fourth-order valence-electron chi connectivity index (χ4n) is 6.12. The first-order valence-corrected chi connectivity index (χ1v) is 20.7. The standard InChI is InChI=1S/2C23H18F2NO2.2C5H5.Ti/c2*1-15-3-7-17(8-4-15)22(27)14-26(21-12-11-19(24)13-20(21)25)23(28)18-9-5-16(2)6-10-18;2*1-2-4-5-3-1;/h2*3-12H,14H2,1-2H3;2*1-5H;/q4*-1;+4. The Morgan fingerprint density at radius 1 is 0.418 bits per heavy atom. The van der Waals surface area contributed by atoms with E-state index in [4.69, 9.17) is 0 Å². The Hall–Kier alpha value is -7.27. The third-order valence-corrected chi connectivity index (χ3v) is 9.81. The molecular formula is C56H46F4N2O4Ti. The van der Waals surface area contributed by atoms with Crippen LogP contribution in [0.3, 0.4) is 0 Å². The molecule has 8 aromatic carbocycles. The molecule has 0 bridgehead atoms. The number of ketones is 2. The van der Waals surface area contributed by atoms with Crippen LogP contribution in [0, 0.1) is 63.1 Å². The summed E-state index contributed by atoms with van der Waals surface area (Å²) in [6.45, 7) is 6.78.